The number of hydrogen-bond acceptors (Lipinski definition) is 4. The lowest BCUT2D eigenvalue weighted by atomic mass is 10.2. The van der Waals surface area contributed by atoms with Gasteiger partial charge in [0, 0.05) is 5.56 Å². The molecule has 0 fully saturated rings. The van der Waals surface area contributed by atoms with E-state index in [4.69, 9.17) is 0 Å². The molecule has 7 heteroatoms. The van der Waals surface area contributed by atoms with Crippen molar-refractivity contribution in [3.63, 3.8) is 0 Å². The third-order valence-corrected chi connectivity index (χ3v) is 4.34. The summed E-state index contributed by atoms with van der Waals surface area (Å²) in [4.78, 5) is -0.0703. The lowest BCUT2D eigenvalue weighted by Gasteiger charge is -2.02. The van der Waals surface area contributed by atoms with Crippen LogP contribution >= 0.6 is 0 Å². The molecule has 5 nitrogen and oxygen atoms in total. The molecule has 0 amide bonds. The molecule has 0 N–H and O–H groups in total. The van der Waals surface area contributed by atoms with Gasteiger partial charge < -0.3 is 0 Å². The summed E-state index contributed by atoms with van der Waals surface area (Å²) < 4.78 is 38.1. The molecule has 0 aliphatic carbocycles. The lowest BCUT2D eigenvalue weighted by Crippen LogP contribution is -2.16. The summed E-state index contributed by atoms with van der Waals surface area (Å²) >= 11 is 0. The van der Waals surface area contributed by atoms with Crippen LogP contribution in [0.2, 0.25) is 0 Å². The SMILES string of the molecule is O=S(=O)(c1ccc(F)cc1)n1ncc(-c2ccccc2)n1. The second-order valence-corrected chi connectivity index (χ2v) is 6.03. The van der Waals surface area contributed by atoms with Crippen molar-refractivity contribution in [1.29, 1.82) is 0 Å². The number of hydrogen-bond donors (Lipinski definition) is 0. The molecule has 0 saturated heterocycles. The molecule has 0 atom stereocenters. The van der Waals surface area contributed by atoms with Gasteiger partial charge in [-0.05, 0) is 24.3 Å². The van der Waals surface area contributed by atoms with Crippen molar-refractivity contribution in [1.82, 2.24) is 14.4 Å². The first-order chi connectivity index (χ1) is 10.1. The minimum Gasteiger partial charge on any atom is -0.207 e. The molecule has 106 valence electrons. The van der Waals surface area contributed by atoms with Crippen molar-refractivity contribution >= 4 is 10.0 Å². The van der Waals surface area contributed by atoms with Gasteiger partial charge in [-0.25, -0.2) is 4.39 Å². The van der Waals surface area contributed by atoms with E-state index in [9.17, 15) is 12.8 Å². The highest BCUT2D eigenvalue weighted by Gasteiger charge is 2.20. The van der Waals surface area contributed by atoms with Gasteiger partial charge in [0.05, 0.1) is 11.1 Å². The van der Waals surface area contributed by atoms with Gasteiger partial charge >= 0.3 is 0 Å². The fourth-order valence-electron chi connectivity index (χ4n) is 1.81. The second kappa shape index (κ2) is 5.10. The predicted molar refractivity (Wildman–Crippen MR) is 74.4 cm³/mol. The van der Waals surface area contributed by atoms with Crippen LogP contribution in [0.5, 0.6) is 0 Å². The first-order valence-corrected chi connectivity index (χ1v) is 7.50. The summed E-state index contributed by atoms with van der Waals surface area (Å²) in [5.74, 6) is -0.507. The lowest BCUT2D eigenvalue weighted by molar-refractivity contribution is 0.568. The van der Waals surface area contributed by atoms with Crippen LogP contribution in [0, 0.1) is 5.82 Å². The van der Waals surface area contributed by atoms with E-state index in [0.717, 1.165) is 17.7 Å². The Balaban J connectivity index is 2.01. The zero-order valence-electron chi connectivity index (χ0n) is 10.7. The Labute approximate surface area is 120 Å². The van der Waals surface area contributed by atoms with Crippen molar-refractivity contribution in [2.24, 2.45) is 0 Å². The van der Waals surface area contributed by atoms with Crippen LogP contribution in [0.15, 0.2) is 65.7 Å². The van der Waals surface area contributed by atoms with E-state index in [1.807, 2.05) is 18.2 Å². The Kier molecular flexibility index (Phi) is 3.26. The standard InChI is InChI=1S/C14H10FN3O2S/c15-12-6-8-13(9-7-12)21(19,20)18-16-10-14(17-18)11-4-2-1-3-5-11/h1-10H. The van der Waals surface area contributed by atoms with Crippen molar-refractivity contribution in [2.45, 2.75) is 4.90 Å². The summed E-state index contributed by atoms with van der Waals surface area (Å²) in [5, 5.41) is 7.76. The molecule has 0 unspecified atom stereocenters. The van der Waals surface area contributed by atoms with Crippen LogP contribution in [0.1, 0.15) is 0 Å². The molecule has 0 saturated carbocycles. The number of benzene rings is 2. The molecule has 0 radical (unpaired) electrons. The Hall–Kier alpha value is -2.54. The van der Waals surface area contributed by atoms with Crippen molar-refractivity contribution in [3.8, 4) is 11.3 Å². The molecular weight excluding hydrogens is 293 g/mol. The quantitative estimate of drug-likeness (QED) is 0.745. The van der Waals surface area contributed by atoms with Crippen molar-refractivity contribution in [2.75, 3.05) is 0 Å². The van der Waals surface area contributed by atoms with E-state index >= 15 is 0 Å². The minimum atomic E-state index is -3.92. The molecular formula is C14H10FN3O2S. The summed E-state index contributed by atoms with van der Waals surface area (Å²) in [7, 11) is -3.92. The van der Waals surface area contributed by atoms with Gasteiger partial charge in [-0.15, -0.1) is 10.2 Å². The second-order valence-electron chi connectivity index (χ2n) is 4.28. The molecule has 1 aromatic heterocycles. The van der Waals surface area contributed by atoms with Gasteiger partial charge in [-0.2, -0.15) is 8.42 Å². The molecule has 0 aliphatic rings. The van der Waals surface area contributed by atoms with Gasteiger partial charge in [0.2, 0.25) is 0 Å². The molecule has 1 heterocycles. The maximum Gasteiger partial charge on any atom is 0.299 e. The normalized spacial score (nSPS) is 11.5. The topological polar surface area (TPSA) is 64.8 Å². The Morgan fingerprint density at radius 3 is 2.29 bits per heavy atom. The molecule has 21 heavy (non-hydrogen) atoms. The van der Waals surface area contributed by atoms with E-state index in [1.54, 1.807) is 12.1 Å². The summed E-state index contributed by atoms with van der Waals surface area (Å²) in [6, 6.07) is 13.6. The van der Waals surface area contributed by atoms with Crippen LogP contribution in [0.3, 0.4) is 0 Å². The van der Waals surface area contributed by atoms with Crippen LogP contribution in [0.25, 0.3) is 11.3 Å². The van der Waals surface area contributed by atoms with Crippen molar-refractivity contribution < 1.29 is 12.8 Å². The van der Waals surface area contributed by atoms with Gasteiger partial charge in [0.25, 0.3) is 10.0 Å². The summed E-state index contributed by atoms with van der Waals surface area (Å²) in [5.41, 5.74) is 1.21. The first kappa shape index (κ1) is 13.4. The first-order valence-electron chi connectivity index (χ1n) is 6.06. The van der Waals surface area contributed by atoms with E-state index in [-0.39, 0.29) is 4.90 Å². The van der Waals surface area contributed by atoms with E-state index in [0.29, 0.717) is 9.90 Å². The number of nitrogens with zero attached hydrogens (tertiary/aromatic N) is 3. The smallest absolute Gasteiger partial charge is 0.207 e. The fraction of sp³-hybridized carbons (Fsp3) is 0. The minimum absolute atomic E-state index is 0.0703. The maximum atomic E-state index is 12.9. The average molecular weight is 303 g/mol. The highest BCUT2D eigenvalue weighted by molar-refractivity contribution is 7.89. The zero-order chi connectivity index (χ0) is 14.9. The van der Waals surface area contributed by atoms with E-state index in [2.05, 4.69) is 10.2 Å². The van der Waals surface area contributed by atoms with Crippen molar-refractivity contribution in [3.05, 3.63) is 66.6 Å². The number of aromatic nitrogens is 3. The van der Waals surface area contributed by atoms with E-state index in [1.165, 1.54) is 18.3 Å². The summed E-state index contributed by atoms with van der Waals surface area (Å²) in [6.07, 6.45) is 1.37. The van der Waals surface area contributed by atoms with E-state index < -0.39 is 15.8 Å². The Morgan fingerprint density at radius 1 is 0.952 bits per heavy atom. The zero-order valence-corrected chi connectivity index (χ0v) is 11.5. The molecule has 0 bridgehead atoms. The van der Waals surface area contributed by atoms with Gasteiger partial charge in [0.15, 0.2) is 0 Å². The molecule has 3 aromatic rings. The number of rotatable bonds is 3. The largest absolute Gasteiger partial charge is 0.299 e. The van der Waals surface area contributed by atoms with Crippen LogP contribution in [-0.2, 0) is 10.0 Å². The van der Waals surface area contributed by atoms with Crippen LogP contribution in [-0.4, -0.2) is 22.8 Å². The Bertz CT molecular complexity index is 859. The van der Waals surface area contributed by atoms with Gasteiger partial charge in [0.1, 0.15) is 11.5 Å². The Morgan fingerprint density at radius 2 is 1.62 bits per heavy atom. The van der Waals surface area contributed by atoms with Gasteiger partial charge in [-0.3, -0.25) is 0 Å². The van der Waals surface area contributed by atoms with Gasteiger partial charge in [-0.1, -0.05) is 34.5 Å². The van der Waals surface area contributed by atoms with Crippen LogP contribution < -0.4 is 0 Å². The highest BCUT2D eigenvalue weighted by atomic mass is 32.2. The number of halogens is 1. The maximum absolute atomic E-state index is 12.9. The monoisotopic (exact) mass is 303 g/mol. The predicted octanol–water partition coefficient (Wildman–Crippen LogP) is 2.32. The molecule has 0 spiro atoms. The molecule has 0 aliphatic heterocycles. The third kappa shape index (κ3) is 2.55. The third-order valence-electron chi connectivity index (χ3n) is 2.87. The highest BCUT2D eigenvalue weighted by Crippen LogP contribution is 2.17. The molecule has 3 rings (SSSR count). The van der Waals surface area contributed by atoms with Crippen LogP contribution in [0.4, 0.5) is 4.39 Å². The summed E-state index contributed by atoms with van der Waals surface area (Å²) in [6.45, 7) is 0. The fourth-order valence-corrected chi connectivity index (χ4v) is 2.84. The average Bonchev–Trinajstić information content (AvgIpc) is 2.99. The molecule has 2 aromatic carbocycles.